The van der Waals surface area contributed by atoms with Gasteiger partial charge in [0.15, 0.2) is 0 Å². The van der Waals surface area contributed by atoms with Crippen molar-refractivity contribution in [1.29, 1.82) is 0 Å². The van der Waals surface area contributed by atoms with E-state index in [9.17, 15) is 9.59 Å². The fourth-order valence-corrected chi connectivity index (χ4v) is 4.12. The second-order valence-electron chi connectivity index (χ2n) is 9.51. The van der Waals surface area contributed by atoms with Crippen LogP contribution in [0.5, 0.6) is 5.75 Å². The molecule has 10 heteroatoms. The number of amides is 2. The number of fused-ring (bicyclic) bond motifs is 2. The normalized spacial score (nSPS) is 14.1. The van der Waals surface area contributed by atoms with Crippen molar-refractivity contribution in [2.75, 3.05) is 48.5 Å². The lowest BCUT2D eigenvalue weighted by Gasteiger charge is -2.24. The summed E-state index contributed by atoms with van der Waals surface area (Å²) in [5.41, 5.74) is 4.15. The Labute approximate surface area is 255 Å². The maximum Gasteiger partial charge on any atom is 0.254 e. The number of nitrogens with one attached hydrogen (secondary N) is 2. The van der Waals surface area contributed by atoms with Gasteiger partial charge in [-0.25, -0.2) is 0 Å². The highest BCUT2D eigenvalue weighted by molar-refractivity contribution is 5.97. The average Bonchev–Trinajstić information content (AvgIpc) is 3.30. The van der Waals surface area contributed by atoms with Gasteiger partial charge < -0.3 is 34.2 Å². The molecule has 1 aromatic heterocycles. The molecule has 2 aliphatic rings. The maximum atomic E-state index is 11.8. The lowest BCUT2D eigenvalue weighted by Crippen LogP contribution is -2.34. The van der Waals surface area contributed by atoms with Crippen molar-refractivity contribution in [2.24, 2.45) is 4.99 Å². The van der Waals surface area contributed by atoms with Crippen LogP contribution in [0.15, 0.2) is 63.7 Å². The zero-order valence-electron chi connectivity index (χ0n) is 26.4. The lowest BCUT2D eigenvalue weighted by molar-refractivity contribution is -0.123. The quantitative estimate of drug-likeness (QED) is 0.430. The third-order valence-electron chi connectivity index (χ3n) is 6.34. The molecular formula is C33H46N4O6. The van der Waals surface area contributed by atoms with Crippen LogP contribution in [0.25, 0.3) is 6.08 Å². The number of rotatable bonds is 8. The highest BCUT2D eigenvalue weighted by Gasteiger charge is 2.23. The highest BCUT2D eigenvalue weighted by atomic mass is 16.5. The van der Waals surface area contributed by atoms with Gasteiger partial charge >= 0.3 is 0 Å². The Balaban J connectivity index is 0.000000324. The topological polar surface area (TPSA) is 122 Å². The van der Waals surface area contributed by atoms with Gasteiger partial charge in [-0.2, -0.15) is 0 Å². The summed E-state index contributed by atoms with van der Waals surface area (Å²) in [7, 11) is 8.47. The van der Waals surface area contributed by atoms with Crippen LogP contribution < -0.4 is 15.4 Å². The molecule has 1 unspecified atom stereocenters. The minimum Gasteiger partial charge on any atom is -0.497 e. The number of benzene rings is 1. The number of hydrogen-bond acceptors (Lipinski definition) is 8. The van der Waals surface area contributed by atoms with Crippen molar-refractivity contribution < 1.29 is 28.3 Å². The number of aliphatic imine (C=N–C) groups is 1. The number of ether oxygens (including phenoxy) is 2. The molecule has 0 fully saturated rings. The third-order valence-corrected chi connectivity index (χ3v) is 6.34. The number of carbonyl (C=O) groups excluding carboxylic acids is 3. The van der Waals surface area contributed by atoms with E-state index in [-0.39, 0.29) is 11.8 Å². The summed E-state index contributed by atoms with van der Waals surface area (Å²) >= 11 is 0. The lowest BCUT2D eigenvalue weighted by atomic mass is 9.99. The fraction of sp³-hybridized carbons (Fsp3) is 0.394. The van der Waals surface area contributed by atoms with Gasteiger partial charge in [-0.3, -0.25) is 14.6 Å². The van der Waals surface area contributed by atoms with Crippen LogP contribution in [0.4, 0.5) is 0 Å². The summed E-state index contributed by atoms with van der Waals surface area (Å²) < 4.78 is 15.7. The summed E-state index contributed by atoms with van der Waals surface area (Å²) in [6.07, 6.45) is 14.4. The van der Waals surface area contributed by atoms with Crippen molar-refractivity contribution in [3.05, 3.63) is 82.5 Å². The van der Waals surface area contributed by atoms with E-state index in [1.165, 1.54) is 0 Å². The standard InChI is InChI=1S/C13H16N2O2.C11H13NO2.C8H15NO.CH2O/c1-14-12(13(16)15-2)11-8-9-6-4-3-5-7-10(9)17-11;1-12-6-5-8-3-4-9(14-2)7-10(8)11(12)13;1-4-5-9-6-8(2)7-10-3;1-2/h3-5,7-8,12,14H,6H2,1-2H3,(H,15,16);3-4,7H,5-6H2,1-2H3;5-6H,4,7H2,1-3H3;1H2/b;;8-6-,9-5?;. The van der Waals surface area contributed by atoms with E-state index >= 15 is 0 Å². The van der Waals surface area contributed by atoms with E-state index in [4.69, 9.17) is 18.7 Å². The molecule has 10 nitrogen and oxygen atoms in total. The molecule has 4 rings (SSSR count). The number of furan rings is 1. The van der Waals surface area contributed by atoms with E-state index in [2.05, 4.69) is 28.6 Å². The first-order valence-corrected chi connectivity index (χ1v) is 14.0. The van der Waals surface area contributed by atoms with Gasteiger partial charge in [0.1, 0.15) is 30.1 Å². The van der Waals surface area contributed by atoms with Gasteiger partial charge in [-0.05, 0) is 68.6 Å². The van der Waals surface area contributed by atoms with Crippen LogP contribution in [0, 0.1) is 0 Å². The molecule has 234 valence electrons. The van der Waals surface area contributed by atoms with E-state index in [0.29, 0.717) is 12.4 Å². The predicted octanol–water partition coefficient (Wildman–Crippen LogP) is 4.57. The molecule has 0 saturated carbocycles. The summed E-state index contributed by atoms with van der Waals surface area (Å²) in [6.45, 7) is 7.53. The van der Waals surface area contributed by atoms with Crippen LogP contribution in [0.1, 0.15) is 59.3 Å². The van der Waals surface area contributed by atoms with E-state index in [1.807, 2.05) is 75.7 Å². The van der Waals surface area contributed by atoms with E-state index in [0.717, 1.165) is 59.6 Å². The zero-order chi connectivity index (χ0) is 32.2. The molecule has 0 radical (unpaired) electrons. The second-order valence-corrected chi connectivity index (χ2v) is 9.51. The van der Waals surface area contributed by atoms with Gasteiger partial charge in [-0.15, -0.1) is 0 Å². The van der Waals surface area contributed by atoms with Crippen molar-refractivity contribution in [2.45, 2.75) is 39.2 Å². The molecule has 1 atom stereocenters. The number of likely N-dealkylation sites (N-methyl/N-ethyl adjacent to an activating group) is 3. The summed E-state index contributed by atoms with van der Waals surface area (Å²) in [4.78, 5) is 37.2. The van der Waals surface area contributed by atoms with Crippen LogP contribution >= 0.6 is 0 Å². The summed E-state index contributed by atoms with van der Waals surface area (Å²) in [5, 5.41) is 5.56. The van der Waals surface area contributed by atoms with Gasteiger partial charge in [-0.1, -0.05) is 31.2 Å². The molecule has 2 heterocycles. The number of methoxy groups -OCH3 is 2. The Morgan fingerprint density at radius 3 is 2.56 bits per heavy atom. The Hall–Kier alpha value is -4.28. The Bertz CT molecular complexity index is 1280. The Kier molecular flexibility index (Phi) is 17.6. The third kappa shape index (κ3) is 11.9. The zero-order valence-corrected chi connectivity index (χ0v) is 26.4. The first-order valence-electron chi connectivity index (χ1n) is 14.0. The van der Waals surface area contributed by atoms with Crippen molar-refractivity contribution in [3.63, 3.8) is 0 Å². The first kappa shape index (κ1) is 36.7. The summed E-state index contributed by atoms with van der Waals surface area (Å²) in [5.74, 6) is 2.21. The first-order chi connectivity index (χ1) is 20.8. The molecule has 0 spiro atoms. The molecular weight excluding hydrogens is 548 g/mol. The van der Waals surface area contributed by atoms with E-state index in [1.54, 1.807) is 33.2 Å². The molecule has 2 amide bonds. The smallest absolute Gasteiger partial charge is 0.254 e. The predicted molar refractivity (Wildman–Crippen MR) is 172 cm³/mol. The van der Waals surface area contributed by atoms with Crippen molar-refractivity contribution in [1.82, 2.24) is 15.5 Å². The number of nitrogens with zero attached hydrogens (tertiary/aromatic N) is 2. The van der Waals surface area contributed by atoms with Crippen LogP contribution in [0.2, 0.25) is 0 Å². The molecule has 0 bridgehead atoms. The van der Waals surface area contributed by atoms with Crippen LogP contribution in [-0.4, -0.2) is 78.2 Å². The molecule has 1 aliphatic carbocycles. The van der Waals surface area contributed by atoms with Crippen LogP contribution in [0.3, 0.4) is 0 Å². The number of allylic oxidation sites excluding steroid dienone is 3. The molecule has 2 aromatic rings. The van der Waals surface area contributed by atoms with Crippen molar-refractivity contribution >= 4 is 30.9 Å². The van der Waals surface area contributed by atoms with Gasteiger partial charge in [0.25, 0.3) is 5.91 Å². The van der Waals surface area contributed by atoms with Crippen molar-refractivity contribution in [3.8, 4) is 5.75 Å². The van der Waals surface area contributed by atoms with Crippen LogP contribution in [-0.2, 0) is 27.2 Å². The van der Waals surface area contributed by atoms with Gasteiger partial charge in [0.2, 0.25) is 5.91 Å². The fourth-order valence-electron chi connectivity index (χ4n) is 4.12. The molecule has 1 aliphatic heterocycles. The Morgan fingerprint density at radius 1 is 1.19 bits per heavy atom. The highest BCUT2D eigenvalue weighted by Crippen LogP contribution is 2.25. The number of hydrogen-bond donors (Lipinski definition) is 2. The molecule has 1 aromatic carbocycles. The van der Waals surface area contributed by atoms with Gasteiger partial charge in [0.05, 0.1) is 13.7 Å². The minimum atomic E-state index is -0.440. The average molecular weight is 595 g/mol. The monoisotopic (exact) mass is 594 g/mol. The minimum absolute atomic E-state index is 0.0881. The SMILES string of the molecule is C=O.CCC=N/C=C(/C)COC.CNC(=O)C(NC)c1cc2c(o1)C=CC=CC2.COc1ccc2c(c1)C(=O)N(C)CC2. The number of carbonyl (C=O) groups is 3. The molecule has 43 heavy (non-hydrogen) atoms. The maximum absolute atomic E-state index is 11.8. The molecule has 2 N–H and O–H groups in total. The largest absolute Gasteiger partial charge is 0.497 e. The molecule has 0 saturated heterocycles. The van der Waals surface area contributed by atoms with E-state index < -0.39 is 6.04 Å². The second kappa shape index (κ2) is 20.6. The Morgan fingerprint density at radius 2 is 1.93 bits per heavy atom. The summed E-state index contributed by atoms with van der Waals surface area (Å²) in [6, 6.07) is 7.18. The van der Waals surface area contributed by atoms with Gasteiger partial charge in [0, 0.05) is 51.3 Å².